The number of benzene rings is 2. The van der Waals surface area contributed by atoms with Gasteiger partial charge in [-0.2, -0.15) is 5.26 Å². The van der Waals surface area contributed by atoms with Crippen LogP contribution in [0.3, 0.4) is 0 Å². The van der Waals surface area contributed by atoms with Crippen molar-refractivity contribution in [2.45, 2.75) is 19.3 Å². The van der Waals surface area contributed by atoms with Gasteiger partial charge in [0.25, 0.3) is 0 Å². The standard InChI is InChI=1S/C22H20FN3O4S/c1-2-30-19-8-13(6-7-18(19)27)16-10-20(28)26-22(17(16)11-24)31-12-21(29)25-15-5-3-4-14(23)9-15/h3-9,16,27H,2,10,12H2,1H3,(H,25,29)(H,26,28)/t16-/m0/s1. The number of allylic oxidation sites excluding steroid dienone is 1. The first-order valence-corrected chi connectivity index (χ1v) is 10.5. The number of phenolic OH excluding ortho intramolecular Hbond substituents is 1. The number of halogens is 1. The number of aromatic hydroxyl groups is 1. The zero-order chi connectivity index (χ0) is 22.4. The molecule has 1 aliphatic rings. The lowest BCUT2D eigenvalue weighted by Gasteiger charge is -2.25. The Morgan fingerprint density at radius 2 is 2.19 bits per heavy atom. The second-order valence-corrected chi connectivity index (χ2v) is 7.65. The number of hydrogen-bond donors (Lipinski definition) is 3. The minimum atomic E-state index is -0.535. The first-order chi connectivity index (χ1) is 14.9. The molecular formula is C22H20FN3O4S. The summed E-state index contributed by atoms with van der Waals surface area (Å²) in [5, 5.41) is 25.2. The molecule has 3 rings (SSSR count). The molecule has 0 aromatic heterocycles. The van der Waals surface area contributed by atoms with Crippen LogP contribution in [0.25, 0.3) is 0 Å². The number of nitriles is 1. The molecule has 1 atom stereocenters. The molecule has 0 saturated carbocycles. The average molecular weight is 441 g/mol. The molecule has 0 bridgehead atoms. The van der Waals surface area contributed by atoms with Crippen LogP contribution >= 0.6 is 11.8 Å². The third-order valence-corrected chi connectivity index (χ3v) is 5.52. The quantitative estimate of drug-likeness (QED) is 0.605. The van der Waals surface area contributed by atoms with E-state index in [1.54, 1.807) is 25.1 Å². The van der Waals surface area contributed by atoms with E-state index in [1.165, 1.54) is 24.3 Å². The number of nitrogens with zero attached hydrogens (tertiary/aromatic N) is 1. The molecule has 160 valence electrons. The maximum atomic E-state index is 13.3. The number of thioether (sulfide) groups is 1. The minimum absolute atomic E-state index is 0.0306. The van der Waals surface area contributed by atoms with E-state index in [0.29, 0.717) is 28.5 Å². The largest absolute Gasteiger partial charge is 0.504 e. The Bertz CT molecular complexity index is 1080. The maximum Gasteiger partial charge on any atom is 0.234 e. The zero-order valence-corrected chi connectivity index (χ0v) is 17.5. The molecule has 2 aromatic carbocycles. The van der Waals surface area contributed by atoms with Crippen LogP contribution in [0.1, 0.15) is 24.8 Å². The number of hydrogen-bond acceptors (Lipinski definition) is 6. The minimum Gasteiger partial charge on any atom is -0.504 e. The Labute approximate surface area is 182 Å². The zero-order valence-electron chi connectivity index (χ0n) is 16.6. The summed E-state index contributed by atoms with van der Waals surface area (Å²) in [6.45, 7) is 2.13. The van der Waals surface area contributed by atoms with Gasteiger partial charge in [0.2, 0.25) is 11.8 Å². The van der Waals surface area contributed by atoms with E-state index < -0.39 is 17.6 Å². The van der Waals surface area contributed by atoms with E-state index in [1.807, 2.05) is 0 Å². The van der Waals surface area contributed by atoms with E-state index in [4.69, 9.17) is 4.74 Å². The van der Waals surface area contributed by atoms with E-state index in [2.05, 4.69) is 16.7 Å². The summed E-state index contributed by atoms with van der Waals surface area (Å²) in [7, 11) is 0. The van der Waals surface area contributed by atoms with Crippen LogP contribution in [0, 0.1) is 17.1 Å². The number of phenols is 1. The summed E-state index contributed by atoms with van der Waals surface area (Å²) < 4.78 is 18.7. The smallest absolute Gasteiger partial charge is 0.234 e. The van der Waals surface area contributed by atoms with Crippen molar-refractivity contribution in [2.24, 2.45) is 0 Å². The highest BCUT2D eigenvalue weighted by atomic mass is 32.2. The summed E-state index contributed by atoms with van der Waals surface area (Å²) in [5.74, 6) is -1.54. The fraction of sp³-hybridized carbons (Fsp3) is 0.227. The third kappa shape index (κ3) is 5.55. The average Bonchev–Trinajstić information content (AvgIpc) is 2.73. The van der Waals surface area contributed by atoms with Crippen LogP contribution in [0.15, 0.2) is 53.1 Å². The predicted molar refractivity (Wildman–Crippen MR) is 115 cm³/mol. The van der Waals surface area contributed by atoms with Crippen LogP contribution in [0.2, 0.25) is 0 Å². The normalized spacial score (nSPS) is 15.8. The number of rotatable bonds is 7. The monoisotopic (exact) mass is 441 g/mol. The molecule has 2 aromatic rings. The third-order valence-electron chi connectivity index (χ3n) is 4.50. The number of amides is 2. The molecule has 3 N–H and O–H groups in total. The van der Waals surface area contributed by atoms with Crippen LogP contribution < -0.4 is 15.4 Å². The van der Waals surface area contributed by atoms with Crippen molar-refractivity contribution in [3.8, 4) is 17.6 Å². The molecular weight excluding hydrogens is 421 g/mol. The number of carbonyl (C=O) groups excluding carboxylic acids is 2. The highest BCUT2D eigenvalue weighted by molar-refractivity contribution is 8.03. The maximum absolute atomic E-state index is 13.3. The fourth-order valence-electron chi connectivity index (χ4n) is 3.14. The SMILES string of the molecule is CCOc1cc([C@@H]2CC(=O)NC(SCC(=O)Nc3cccc(F)c3)=C2C#N)ccc1O. The lowest BCUT2D eigenvalue weighted by Crippen LogP contribution is -2.31. The lowest BCUT2D eigenvalue weighted by atomic mass is 9.87. The molecule has 9 heteroatoms. The molecule has 1 heterocycles. The van der Waals surface area contributed by atoms with Crippen molar-refractivity contribution in [1.29, 1.82) is 5.26 Å². The first-order valence-electron chi connectivity index (χ1n) is 9.49. The fourth-order valence-corrected chi connectivity index (χ4v) is 4.01. The summed E-state index contributed by atoms with van der Waals surface area (Å²) in [6.07, 6.45) is 0.0543. The van der Waals surface area contributed by atoms with Crippen molar-refractivity contribution in [3.05, 3.63) is 64.4 Å². The number of nitrogens with one attached hydrogen (secondary N) is 2. The number of anilines is 1. The van der Waals surface area contributed by atoms with Gasteiger partial charge < -0.3 is 20.5 Å². The predicted octanol–water partition coefficient (Wildman–Crippen LogP) is 3.64. The van der Waals surface area contributed by atoms with Crippen molar-refractivity contribution in [2.75, 3.05) is 17.7 Å². The summed E-state index contributed by atoms with van der Waals surface area (Å²) in [5.41, 5.74) is 1.28. The second-order valence-electron chi connectivity index (χ2n) is 6.67. The van der Waals surface area contributed by atoms with E-state index in [9.17, 15) is 24.3 Å². The summed E-state index contributed by atoms with van der Waals surface area (Å²) in [6, 6.07) is 12.3. The molecule has 0 unspecified atom stereocenters. The Morgan fingerprint density at radius 1 is 1.39 bits per heavy atom. The van der Waals surface area contributed by atoms with E-state index in [0.717, 1.165) is 11.8 Å². The van der Waals surface area contributed by atoms with Gasteiger partial charge in [-0.3, -0.25) is 9.59 Å². The van der Waals surface area contributed by atoms with Gasteiger partial charge >= 0.3 is 0 Å². The Morgan fingerprint density at radius 3 is 2.90 bits per heavy atom. The highest BCUT2D eigenvalue weighted by Crippen LogP contribution is 2.39. The molecule has 0 radical (unpaired) electrons. The van der Waals surface area contributed by atoms with Gasteiger partial charge in [-0.05, 0) is 42.8 Å². The Kier molecular flexibility index (Phi) is 7.15. The van der Waals surface area contributed by atoms with Crippen LogP contribution in [-0.2, 0) is 9.59 Å². The molecule has 7 nitrogen and oxygen atoms in total. The van der Waals surface area contributed by atoms with Gasteiger partial charge in [0.15, 0.2) is 11.5 Å². The lowest BCUT2D eigenvalue weighted by molar-refractivity contribution is -0.121. The topological polar surface area (TPSA) is 111 Å². The molecule has 1 aliphatic heterocycles. The first kappa shape index (κ1) is 22.2. The molecule has 0 fully saturated rings. The van der Waals surface area contributed by atoms with Crippen molar-refractivity contribution in [3.63, 3.8) is 0 Å². The van der Waals surface area contributed by atoms with Crippen molar-refractivity contribution in [1.82, 2.24) is 5.32 Å². The van der Waals surface area contributed by atoms with Gasteiger partial charge in [0.05, 0.1) is 29.0 Å². The molecule has 0 saturated heterocycles. The van der Waals surface area contributed by atoms with E-state index in [-0.39, 0.29) is 29.6 Å². The van der Waals surface area contributed by atoms with Crippen LogP contribution in [0.4, 0.5) is 10.1 Å². The van der Waals surface area contributed by atoms with Crippen molar-refractivity contribution < 1.29 is 23.8 Å². The van der Waals surface area contributed by atoms with Gasteiger partial charge in [0.1, 0.15) is 5.82 Å². The van der Waals surface area contributed by atoms with E-state index >= 15 is 0 Å². The molecule has 31 heavy (non-hydrogen) atoms. The van der Waals surface area contributed by atoms with Crippen molar-refractivity contribution >= 4 is 29.3 Å². The van der Waals surface area contributed by atoms with Gasteiger partial charge in [-0.15, -0.1) is 0 Å². The van der Waals surface area contributed by atoms with Gasteiger partial charge in [0, 0.05) is 18.0 Å². The summed E-state index contributed by atoms with van der Waals surface area (Å²) >= 11 is 1.02. The summed E-state index contributed by atoms with van der Waals surface area (Å²) in [4.78, 5) is 24.5. The molecule has 0 spiro atoms. The molecule has 2 amide bonds. The number of ether oxygens (including phenoxy) is 1. The molecule has 0 aliphatic carbocycles. The highest BCUT2D eigenvalue weighted by Gasteiger charge is 2.30. The Balaban J connectivity index is 1.79. The number of carbonyl (C=O) groups is 2. The Hall–Kier alpha value is -3.51. The van der Waals surface area contributed by atoms with Gasteiger partial charge in [-0.1, -0.05) is 23.9 Å². The second kappa shape index (κ2) is 10.00. The van der Waals surface area contributed by atoms with Crippen LogP contribution in [-0.4, -0.2) is 29.3 Å². The van der Waals surface area contributed by atoms with Gasteiger partial charge in [-0.25, -0.2) is 4.39 Å². The van der Waals surface area contributed by atoms with Crippen LogP contribution in [0.5, 0.6) is 11.5 Å².